The van der Waals surface area contributed by atoms with Gasteiger partial charge in [0.2, 0.25) is 0 Å². The third kappa shape index (κ3) is 8.76. The van der Waals surface area contributed by atoms with Crippen molar-refractivity contribution < 1.29 is 9.59 Å². The van der Waals surface area contributed by atoms with Gasteiger partial charge in [0.05, 0.1) is 6.20 Å². The first-order valence-corrected chi connectivity index (χ1v) is 3.89. The fourth-order valence-corrected chi connectivity index (χ4v) is 0.561. The van der Waals surface area contributed by atoms with E-state index >= 15 is 0 Å². The van der Waals surface area contributed by atoms with Crippen LogP contribution >= 0.6 is 25.3 Å². The van der Waals surface area contributed by atoms with Crippen LogP contribution in [0.2, 0.25) is 0 Å². The van der Waals surface area contributed by atoms with Crippen molar-refractivity contribution in [2.24, 2.45) is 5.73 Å². The van der Waals surface area contributed by atoms with Gasteiger partial charge in [-0.3, -0.25) is 14.7 Å². The molecular formula is C5H8N4O2S2. The lowest BCUT2D eigenvalue weighted by Gasteiger charge is -1.91. The van der Waals surface area contributed by atoms with Gasteiger partial charge in [-0.25, -0.2) is 0 Å². The Morgan fingerprint density at radius 2 is 2.08 bits per heavy atom. The molecule has 0 atom stereocenters. The summed E-state index contributed by atoms with van der Waals surface area (Å²) in [4.78, 5) is 19.3. The van der Waals surface area contributed by atoms with Crippen molar-refractivity contribution in [3.05, 3.63) is 12.3 Å². The summed E-state index contributed by atoms with van der Waals surface area (Å²) in [5, 5.41) is 7.49. The van der Waals surface area contributed by atoms with Gasteiger partial charge in [-0.15, -0.1) is 0 Å². The van der Waals surface area contributed by atoms with Gasteiger partial charge < -0.3 is 11.1 Å². The molecule has 0 aliphatic heterocycles. The van der Waals surface area contributed by atoms with E-state index < -0.39 is 10.5 Å². The Balaban J connectivity index is 0.000000310. The van der Waals surface area contributed by atoms with Crippen molar-refractivity contribution in [3.63, 3.8) is 0 Å². The van der Waals surface area contributed by atoms with Crippen LogP contribution < -0.4 is 11.1 Å². The fraction of sp³-hybridized carbons (Fsp3) is 0. The standard InChI is InChI=1S/C4H5N3OS.CH3NOS/c8-4(9)6-3-1-2-5-7-3;2-1(3)4/h1-2H,(H3,5,6,7,8,9);(H3,2,3,4). The van der Waals surface area contributed by atoms with Crippen LogP contribution in [0.4, 0.5) is 15.4 Å². The summed E-state index contributed by atoms with van der Waals surface area (Å²) in [6.07, 6.45) is 1.54. The zero-order valence-electron chi connectivity index (χ0n) is 6.39. The molecule has 1 rings (SSSR count). The Hall–Kier alpha value is -1.15. The van der Waals surface area contributed by atoms with E-state index in [0.29, 0.717) is 5.82 Å². The number of anilines is 1. The smallest absolute Gasteiger partial charge is 0.281 e. The number of amides is 2. The van der Waals surface area contributed by atoms with Crippen LogP contribution in [-0.4, -0.2) is 20.7 Å². The van der Waals surface area contributed by atoms with E-state index in [9.17, 15) is 4.79 Å². The summed E-state index contributed by atoms with van der Waals surface area (Å²) in [6.45, 7) is 0. The van der Waals surface area contributed by atoms with Crippen molar-refractivity contribution in [1.29, 1.82) is 0 Å². The molecule has 4 N–H and O–H groups in total. The number of hydrogen-bond acceptors (Lipinski definition) is 3. The fourth-order valence-electron chi connectivity index (χ4n) is 0.441. The molecule has 13 heavy (non-hydrogen) atoms. The lowest BCUT2D eigenvalue weighted by atomic mass is 10.6. The zero-order valence-corrected chi connectivity index (χ0v) is 8.18. The molecule has 0 aliphatic carbocycles. The quantitative estimate of drug-likeness (QED) is 0.454. The molecule has 0 radical (unpaired) electrons. The van der Waals surface area contributed by atoms with E-state index in [2.05, 4.69) is 46.5 Å². The molecule has 0 fully saturated rings. The first kappa shape index (κ1) is 11.8. The number of carbonyl (C=O) groups excluding carboxylic acids is 2. The SMILES string of the molecule is NC(=O)S.O=C(S)Nc1ccn[nH]1. The molecule has 1 aromatic heterocycles. The number of aromatic amines is 1. The van der Waals surface area contributed by atoms with Crippen molar-refractivity contribution in [1.82, 2.24) is 10.2 Å². The highest BCUT2D eigenvalue weighted by molar-refractivity contribution is 7.97. The van der Waals surface area contributed by atoms with Crippen molar-refractivity contribution in [3.8, 4) is 0 Å². The predicted molar refractivity (Wildman–Crippen MR) is 55.2 cm³/mol. The van der Waals surface area contributed by atoms with Crippen molar-refractivity contribution >= 4 is 41.6 Å². The topological polar surface area (TPSA) is 101 Å². The summed E-state index contributed by atoms with van der Waals surface area (Å²) >= 11 is 6.59. The van der Waals surface area contributed by atoms with Gasteiger partial charge in [-0.05, 0) is 0 Å². The summed E-state index contributed by atoms with van der Waals surface area (Å²) in [6, 6.07) is 1.63. The first-order chi connectivity index (χ1) is 6.02. The highest BCUT2D eigenvalue weighted by Crippen LogP contribution is 1.98. The van der Waals surface area contributed by atoms with Gasteiger partial charge in [-0.2, -0.15) is 5.10 Å². The number of primary amides is 1. The van der Waals surface area contributed by atoms with Crippen LogP contribution in [0.5, 0.6) is 0 Å². The second-order valence-electron chi connectivity index (χ2n) is 1.74. The molecular weight excluding hydrogens is 212 g/mol. The lowest BCUT2D eigenvalue weighted by molar-refractivity contribution is 0.267. The van der Waals surface area contributed by atoms with E-state index in [1.165, 1.54) is 0 Å². The Labute approximate surface area is 85.1 Å². The van der Waals surface area contributed by atoms with E-state index in [1.807, 2.05) is 0 Å². The monoisotopic (exact) mass is 220 g/mol. The maximum atomic E-state index is 10.2. The Morgan fingerprint density at radius 3 is 2.38 bits per heavy atom. The molecule has 0 spiro atoms. The molecule has 0 bridgehead atoms. The van der Waals surface area contributed by atoms with Crippen LogP contribution in [0.1, 0.15) is 0 Å². The molecule has 0 unspecified atom stereocenters. The molecule has 0 aromatic carbocycles. The highest BCUT2D eigenvalue weighted by Gasteiger charge is 1.93. The van der Waals surface area contributed by atoms with E-state index in [1.54, 1.807) is 12.3 Å². The maximum absolute atomic E-state index is 10.2. The van der Waals surface area contributed by atoms with Crippen molar-refractivity contribution in [2.75, 3.05) is 5.32 Å². The number of H-pyrrole nitrogens is 1. The van der Waals surface area contributed by atoms with Crippen LogP contribution in [0.25, 0.3) is 0 Å². The molecule has 0 saturated heterocycles. The predicted octanol–water partition coefficient (Wildman–Crippen LogP) is 0.866. The lowest BCUT2D eigenvalue weighted by Crippen LogP contribution is -2.00. The number of nitrogens with one attached hydrogen (secondary N) is 2. The van der Waals surface area contributed by atoms with Gasteiger partial charge in [-0.1, -0.05) is 25.3 Å². The van der Waals surface area contributed by atoms with Crippen LogP contribution in [-0.2, 0) is 0 Å². The average molecular weight is 220 g/mol. The number of aromatic nitrogens is 2. The van der Waals surface area contributed by atoms with Crippen LogP contribution in [0.15, 0.2) is 12.3 Å². The highest BCUT2D eigenvalue weighted by atomic mass is 32.1. The molecule has 72 valence electrons. The minimum absolute atomic E-state index is 0.403. The van der Waals surface area contributed by atoms with E-state index in [4.69, 9.17) is 4.79 Å². The van der Waals surface area contributed by atoms with E-state index in [-0.39, 0.29) is 0 Å². The van der Waals surface area contributed by atoms with Gasteiger partial charge in [0.25, 0.3) is 10.5 Å². The maximum Gasteiger partial charge on any atom is 0.281 e. The number of thiol groups is 2. The van der Waals surface area contributed by atoms with Crippen LogP contribution in [0.3, 0.4) is 0 Å². The number of carbonyl (C=O) groups is 2. The summed E-state index contributed by atoms with van der Waals surface area (Å²) in [7, 11) is 0. The van der Waals surface area contributed by atoms with Gasteiger partial charge in [0, 0.05) is 6.07 Å². The Morgan fingerprint density at radius 1 is 1.54 bits per heavy atom. The van der Waals surface area contributed by atoms with Gasteiger partial charge >= 0.3 is 0 Å². The molecule has 6 nitrogen and oxygen atoms in total. The molecule has 8 heteroatoms. The third-order valence-corrected chi connectivity index (χ3v) is 0.854. The number of rotatable bonds is 1. The third-order valence-electron chi connectivity index (χ3n) is 0.742. The summed E-state index contributed by atoms with van der Waals surface area (Å²) in [5.41, 5.74) is 4.34. The average Bonchev–Trinajstić information content (AvgIpc) is 2.36. The second-order valence-corrected chi connectivity index (χ2v) is 2.59. The number of nitrogens with two attached hydrogens (primary N) is 1. The summed E-state index contributed by atoms with van der Waals surface area (Å²) in [5.74, 6) is 0.551. The number of nitrogens with zero attached hydrogens (tertiary/aromatic N) is 1. The molecule has 1 heterocycles. The van der Waals surface area contributed by atoms with Gasteiger partial charge in [0.1, 0.15) is 5.82 Å². The van der Waals surface area contributed by atoms with Crippen LogP contribution in [0, 0.1) is 0 Å². The molecule has 0 saturated carbocycles. The second kappa shape index (κ2) is 6.38. The molecule has 1 aromatic rings. The Bertz CT molecular complexity index is 270. The zero-order chi connectivity index (χ0) is 10.3. The Kier molecular flexibility index (Phi) is 5.81. The molecule has 0 aliphatic rings. The van der Waals surface area contributed by atoms with Gasteiger partial charge in [0.15, 0.2) is 0 Å². The largest absolute Gasteiger partial charge is 0.361 e. The first-order valence-electron chi connectivity index (χ1n) is 3.00. The summed E-state index contributed by atoms with van der Waals surface area (Å²) < 4.78 is 0. The normalized spacial score (nSPS) is 8.15. The van der Waals surface area contributed by atoms with E-state index in [0.717, 1.165) is 0 Å². The minimum atomic E-state index is -0.639. The minimum Gasteiger partial charge on any atom is -0.361 e. The molecule has 2 amide bonds. The number of hydrogen-bond donors (Lipinski definition) is 5. The van der Waals surface area contributed by atoms with Crippen molar-refractivity contribution in [2.45, 2.75) is 0 Å².